The number of aryl methyl sites for hydroxylation is 1. The summed E-state index contributed by atoms with van der Waals surface area (Å²) in [5, 5.41) is 4.61. The summed E-state index contributed by atoms with van der Waals surface area (Å²) in [5.41, 5.74) is 2.28. The molecule has 2 aromatic rings. The molecule has 16 heavy (non-hydrogen) atoms. The smallest absolute Gasteiger partial charge is 0.153 e. The van der Waals surface area contributed by atoms with Gasteiger partial charge in [0.05, 0.1) is 5.69 Å². The van der Waals surface area contributed by atoms with Crippen molar-refractivity contribution in [2.45, 2.75) is 33.1 Å². The molecule has 0 spiro atoms. The van der Waals surface area contributed by atoms with Gasteiger partial charge < -0.3 is 0 Å². The van der Waals surface area contributed by atoms with E-state index < -0.39 is 0 Å². The van der Waals surface area contributed by atoms with Gasteiger partial charge in [0.15, 0.2) is 5.82 Å². The lowest BCUT2D eigenvalue weighted by atomic mass is 9.92. The van der Waals surface area contributed by atoms with Crippen molar-refractivity contribution in [2.75, 3.05) is 0 Å². The van der Waals surface area contributed by atoms with Gasteiger partial charge in [-0.1, -0.05) is 26.8 Å². The van der Waals surface area contributed by atoms with Gasteiger partial charge in [0, 0.05) is 17.3 Å². The summed E-state index contributed by atoms with van der Waals surface area (Å²) in [5.74, 6) is 0.871. The van der Waals surface area contributed by atoms with Crippen LogP contribution >= 0.6 is 0 Å². The first-order valence-electron chi connectivity index (χ1n) is 5.47. The van der Waals surface area contributed by atoms with Crippen LogP contribution in [0.5, 0.6) is 0 Å². The third-order valence-corrected chi connectivity index (χ3v) is 2.52. The molecule has 0 saturated carbocycles. The molecular weight excluding hydrogens is 198 g/mol. The highest BCUT2D eigenvalue weighted by Crippen LogP contribution is 2.22. The summed E-state index contributed by atoms with van der Waals surface area (Å²) in [4.78, 5) is 4.31. The minimum absolute atomic E-state index is 0.0742. The average Bonchev–Trinajstić information content (AvgIpc) is 2.61. The predicted octanol–water partition coefficient (Wildman–Crippen LogP) is 2.87. The second-order valence-electron chi connectivity index (χ2n) is 5.02. The Morgan fingerprint density at radius 1 is 1.19 bits per heavy atom. The molecule has 0 aliphatic heterocycles. The van der Waals surface area contributed by atoms with Crippen molar-refractivity contribution in [3.8, 4) is 5.82 Å². The maximum absolute atomic E-state index is 4.61. The molecule has 0 aromatic carbocycles. The van der Waals surface area contributed by atoms with E-state index in [0.29, 0.717) is 0 Å². The number of aromatic nitrogens is 3. The average molecular weight is 215 g/mol. The Kier molecular flexibility index (Phi) is 2.54. The van der Waals surface area contributed by atoms with Gasteiger partial charge in [0.1, 0.15) is 0 Å². The first kappa shape index (κ1) is 10.9. The fourth-order valence-corrected chi connectivity index (χ4v) is 1.55. The molecule has 0 N–H and O–H groups in total. The van der Waals surface area contributed by atoms with Crippen LogP contribution in [0.25, 0.3) is 5.82 Å². The molecule has 84 valence electrons. The third kappa shape index (κ3) is 1.98. The molecule has 2 heterocycles. The molecule has 0 amide bonds. The Morgan fingerprint density at radius 2 is 1.94 bits per heavy atom. The second kappa shape index (κ2) is 3.74. The predicted molar refractivity (Wildman–Crippen MR) is 64.8 cm³/mol. The van der Waals surface area contributed by atoms with Crippen molar-refractivity contribution < 1.29 is 0 Å². The minimum atomic E-state index is 0.0742. The molecule has 0 fully saturated rings. The first-order chi connectivity index (χ1) is 7.48. The Balaban J connectivity index is 2.48. The number of hydrogen-bond acceptors (Lipinski definition) is 2. The molecule has 0 atom stereocenters. The van der Waals surface area contributed by atoms with Crippen LogP contribution in [-0.4, -0.2) is 14.8 Å². The van der Waals surface area contributed by atoms with Crippen LogP contribution in [0.15, 0.2) is 30.5 Å². The lowest BCUT2D eigenvalue weighted by Crippen LogP contribution is -2.12. The van der Waals surface area contributed by atoms with Gasteiger partial charge in [-0.2, -0.15) is 5.10 Å². The molecule has 0 aliphatic rings. The second-order valence-corrected chi connectivity index (χ2v) is 5.02. The van der Waals surface area contributed by atoms with Crippen molar-refractivity contribution in [1.29, 1.82) is 0 Å². The van der Waals surface area contributed by atoms with Crippen LogP contribution in [-0.2, 0) is 5.41 Å². The summed E-state index contributed by atoms with van der Waals surface area (Å²) in [6.45, 7) is 8.55. The topological polar surface area (TPSA) is 30.7 Å². The molecule has 0 radical (unpaired) electrons. The van der Waals surface area contributed by atoms with Crippen LogP contribution in [0.1, 0.15) is 32.2 Å². The summed E-state index contributed by atoms with van der Waals surface area (Å²) < 4.78 is 1.89. The number of nitrogens with zero attached hydrogens (tertiary/aromatic N) is 3. The Bertz CT molecular complexity index is 478. The molecular formula is C13H17N3. The lowest BCUT2D eigenvalue weighted by molar-refractivity contribution is 0.559. The maximum atomic E-state index is 4.61. The zero-order valence-electron chi connectivity index (χ0n) is 10.2. The van der Waals surface area contributed by atoms with Gasteiger partial charge >= 0.3 is 0 Å². The highest BCUT2D eigenvalue weighted by molar-refractivity contribution is 5.27. The Labute approximate surface area is 96.1 Å². The van der Waals surface area contributed by atoms with E-state index in [1.54, 1.807) is 6.20 Å². The van der Waals surface area contributed by atoms with Gasteiger partial charge in [-0.05, 0) is 25.1 Å². The van der Waals surface area contributed by atoms with Crippen LogP contribution < -0.4 is 0 Å². The van der Waals surface area contributed by atoms with E-state index in [0.717, 1.165) is 17.2 Å². The Hall–Kier alpha value is -1.64. The van der Waals surface area contributed by atoms with Crippen LogP contribution in [0, 0.1) is 6.92 Å². The molecule has 2 aromatic heterocycles. The van der Waals surface area contributed by atoms with Gasteiger partial charge in [0.2, 0.25) is 0 Å². The molecule has 0 unspecified atom stereocenters. The zero-order valence-corrected chi connectivity index (χ0v) is 10.2. The van der Waals surface area contributed by atoms with Crippen molar-refractivity contribution in [3.05, 3.63) is 41.9 Å². The fourth-order valence-electron chi connectivity index (χ4n) is 1.55. The van der Waals surface area contributed by atoms with E-state index in [2.05, 4.69) is 43.8 Å². The molecule has 3 nitrogen and oxygen atoms in total. The number of pyridine rings is 1. The standard InChI is InChI=1S/C13H17N3/c1-10-9-11(13(2,3)4)15-16(10)12-7-5-6-8-14-12/h5-9H,1-4H3. The number of rotatable bonds is 1. The first-order valence-corrected chi connectivity index (χ1v) is 5.47. The third-order valence-electron chi connectivity index (χ3n) is 2.52. The fraction of sp³-hybridized carbons (Fsp3) is 0.385. The normalized spacial score (nSPS) is 11.8. The maximum Gasteiger partial charge on any atom is 0.153 e. The van der Waals surface area contributed by atoms with Gasteiger partial charge in [-0.3, -0.25) is 0 Å². The van der Waals surface area contributed by atoms with Crippen molar-refractivity contribution >= 4 is 0 Å². The highest BCUT2D eigenvalue weighted by Gasteiger charge is 2.19. The molecule has 3 heteroatoms. The van der Waals surface area contributed by atoms with Crippen molar-refractivity contribution in [1.82, 2.24) is 14.8 Å². The lowest BCUT2D eigenvalue weighted by Gasteiger charge is -2.14. The van der Waals surface area contributed by atoms with E-state index in [4.69, 9.17) is 0 Å². The quantitative estimate of drug-likeness (QED) is 0.732. The molecule has 2 rings (SSSR count). The van der Waals surface area contributed by atoms with E-state index in [1.807, 2.05) is 22.9 Å². The molecule has 0 bridgehead atoms. The van der Waals surface area contributed by atoms with E-state index in [1.165, 1.54) is 0 Å². The van der Waals surface area contributed by atoms with E-state index >= 15 is 0 Å². The Morgan fingerprint density at radius 3 is 2.44 bits per heavy atom. The van der Waals surface area contributed by atoms with E-state index in [9.17, 15) is 0 Å². The highest BCUT2D eigenvalue weighted by atomic mass is 15.3. The minimum Gasteiger partial charge on any atom is -0.237 e. The van der Waals surface area contributed by atoms with Gasteiger partial charge in [-0.15, -0.1) is 0 Å². The largest absolute Gasteiger partial charge is 0.237 e. The van der Waals surface area contributed by atoms with Crippen molar-refractivity contribution in [2.24, 2.45) is 0 Å². The summed E-state index contributed by atoms with van der Waals surface area (Å²) in [6.07, 6.45) is 1.78. The van der Waals surface area contributed by atoms with Crippen molar-refractivity contribution in [3.63, 3.8) is 0 Å². The summed E-state index contributed by atoms with van der Waals surface area (Å²) in [7, 11) is 0. The summed E-state index contributed by atoms with van der Waals surface area (Å²) in [6, 6.07) is 7.97. The van der Waals surface area contributed by atoms with Crippen LogP contribution in [0.3, 0.4) is 0 Å². The molecule has 0 aliphatic carbocycles. The van der Waals surface area contributed by atoms with Gasteiger partial charge in [-0.25, -0.2) is 9.67 Å². The summed E-state index contributed by atoms with van der Waals surface area (Å²) >= 11 is 0. The molecule has 0 saturated heterocycles. The van der Waals surface area contributed by atoms with Crippen LogP contribution in [0.2, 0.25) is 0 Å². The SMILES string of the molecule is Cc1cc(C(C)(C)C)nn1-c1ccccn1. The monoisotopic (exact) mass is 215 g/mol. The van der Waals surface area contributed by atoms with E-state index in [-0.39, 0.29) is 5.41 Å². The van der Waals surface area contributed by atoms with Gasteiger partial charge in [0.25, 0.3) is 0 Å². The van der Waals surface area contributed by atoms with Crippen LogP contribution in [0.4, 0.5) is 0 Å². The zero-order chi connectivity index (χ0) is 11.8. The number of hydrogen-bond donors (Lipinski definition) is 0.